The summed E-state index contributed by atoms with van der Waals surface area (Å²) in [5, 5.41) is 0. The van der Waals surface area contributed by atoms with Crippen LogP contribution in [0.25, 0.3) is 0 Å². The van der Waals surface area contributed by atoms with Gasteiger partial charge in [0.1, 0.15) is 0 Å². The topological polar surface area (TPSA) is 100 Å². The normalized spacial score (nSPS) is 23.9. The molecular weight excluding hydrogens is 456 g/mol. The molecule has 2 saturated heterocycles. The molecule has 9 nitrogen and oxygen atoms in total. The van der Waals surface area contributed by atoms with E-state index in [9.17, 15) is 18.0 Å². The molecule has 2 fully saturated rings. The largest absolute Gasteiger partial charge is 0.379 e. The van der Waals surface area contributed by atoms with Gasteiger partial charge < -0.3 is 9.64 Å². The number of amides is 2. The van der Waals surface area contributed by atoms with Crippen molar-refractivity contribution in [1.82, 2.24) is 19.1 Å². The van der Waals surface area contributed by atoms with Gasteiger partial charge in [-0.3, -0.25) is 19.5 Å². The van der Waals surface area contributed by atoms with Gasteiger partial charge in [0, 0.05) is 32.4 Å². The Morgan fingerprint density at radius 1 is 1.25 bits per heavy atom. The van der Waals surface area contributed by atoms with Crippen molar-refractivity contribution < 1.29 is 22.7 Å². The number of ether oxygens (including phenoxy) is 1. The lowest BCUT2D eigenvalue weighted by Gasteiger charge is -2.29. The second-order valence-corrected chi connectivity index (χ2v) is 10.4. The van der Waals surface area contributed by atoms with Crippen molar-refractivity contribution in [2.75, 3.05) is 39.1 Å². The molecule has 0 aromatic carbocycles. The number of morpholine rings is 1. The van der Waals surface area contributed by atoms with Crippen LogP contribution in [-0.4, -0.2) is 84.5 Å². The molecule has 176 valence electrons. The van der Waals surface area contributed by atoms with Crippen LogP contribution < -0.4 is 0 Å². The number of aromatic nitrogens is 1. The Hall–Kier alpha value is -2.01. The number of rotatable bonds is 5. The minimum atomic E-state index is -3.75. The molecule has 0 unspecified atom stereocenters. The highest BCUT2D eigenvalue weighted by Crippen LogP contribution is 2.41. The van der Waals surface area contributed by atoms with E-state index in [2.05, 4.69) is 9.88 Å². The number of pyridine rings is 1. The van der Waals surface area contributed by atoms with Crippen molar-refractivity contribution in [2.24, 2.45) is 11.8 Å². The van der Waals surface area contributed by atoms with Gasteiger partial charge >= 0.3 is 0 Å². The Balaban J connectivity index is 0.00000289. The van der Waals surface area contributed by atoms with Gasteiger partial charge in [-0.15, -0.1) is 12.4 Å². The highest BCUT2D eigenvalue weighted by atomic mass is 35.5. The van der Waals surface area contributed by atoms with E-state index in [0.717, 1.165) is 29.3 Å². The zero-order valence-corrected chi connectivity index (χ0v) is 20.1. The van der Waals surface area contributed by atoms with E-state index in [1.165, 1.54) is 0 Å². The molecule has 1 aromatic heterocycles. The van der Waals surface area contributed by atoms with Crippen molar-refractivity contribution in [2.45, 2.75) is 26.4 Å². The van der Waals surface area contributed by atoms with Crippen molar-refractivity contribution in [3.63, 3.8) is 0 Å². The maximum Gasteiger partial charge on any atom is 0.256 e. The van der Waals surface area contributed by atoms with Crippen LogP contribution in [0.2, 0.25) is 0 Å². The van der Waals surface area contributed by atoms with Crippen molar-refractivity contribution in [1.29, 1.82) is 0 Å². The molecule has 3 aliphatic heterocycles. The Bertz CT molecular complexity index is 1010. The average molecular weight is 485 g/mol. The van der Waals surface area contributed by atoms with Crippen LogP contribution in [-0.2, 0) is 26.1 Å². The fourth-order valence-corrected chi connectivity index (χ4v) is 5.59. The predicted octanol–water partition coefficient (Wildman–Crippen LogP) is 1.12. The van der Waals surface area contributed by atoms with Crippen LogP contribution in [0.15, 0.2) is 30.1 Å². The number of halogens is 1. The summed E-state index contributed by atoms with van der Waals surface area (Å²) < 4.78 is 30.7. The van der Waals surface area contributed by atoms with E-state index in [-0.39, 0.29) is 30.8 Å². The first kappa shape index (κ1) is 24.6. The first-order chi connectivity index (χ1) is 14.7. The lowest BCUT2D eigenvalue weighted by molar-refractivity contribution is -0.128. The number of carbonyl (C=O) groups excluding carboxylic acids is 2. The zero-order chi connectivity index (χ0) is 22.3. The average Bonchev–Trinajstić information content (AvgIpc) is 3.24. The number of hydrogen-bond donors (Lipinski definition) is 0. The smallest absolute Gasteiger partial charge is 0.256 e. The minimum absolute atomic E-state index is 0. The van der Waals surface area contributed by atoms with Crippen LogP contribution in [0.3, 0.4) is 0 Å². The molecule has 11 heteroatoms. The van der Waals surface area contributed by atoms with Gasteiger partial charge in [0.15, 0.2) is 0 Å². The summed E-state index contributed by atoms with van der Waals surface area (Å²) >= 11 is 0. The van der Waals surface area contributed by atoms with E-state index in [1.807, 2.05) is 19.9 Å². The summed E-state index contributed by atoms with van der Waals surface area (Å²) in [6.07, 6.45) is 4.25. The highest BCUT2D eigenvalue weighted by Gasteiger charge is 2.54. The van der Waals surface area contributed by atoms with Gasteiger partial charge in [-0.25, -0.2) is 12.7 Å². The molecule has 0 saturated carbocycles. The Kier molecular flexibility index (Phi) is 7.28. The van der Waals surface area contributed by atoms with Gasteiger partial charge in [0.2, 0.25) is 15.9 Å². The maximum absolute atomic E-state index is 13.3. The SMILES string of the molecule is CC(C)[C@H]1C(=O)N(S(C)(=O)=O)C2=CCN(C(=O)c3ccc(CN4CCOCC4)nc3)[C@@H]21.Cl. The van der Waals surface area contributed by atoms with Gasteiger partial charge in [0.05, 0.1) is 48.4 Å². The predicted molar refractivity (Wildman–Crippen MR) is 121 cm³/mol. The fraction of sp³-hybridized carbons (Fsp3) is 0.571. The summed E-state index contributed by atoms with van der Waals surface area (Å²) in [7, 11) is -3.75. The van der Waals surface area contributed by atoms with Crippen LogP contribution in [0, 0.1) is 11.8 Å². The molecule has 1 aromatic rings. The van der Waals surface area contributed by atoms with Crippen LogP contribution in [0.4, 0.5) is 0 Å². The van der Waals surface area contributed by atoms with Crippen molar-refractivity contribution in [3.8, 4) is 0 Å². The summed E-state index contributed by atoms with van der Waals surface area (Å²) in [6.45, 7) is 7.83. The lowest BCUT2D eigenvalue weighted by Crippen LogP contribution is -2.43. The lowest BCUT2D eigenvalue weighted by atomic mass is 9.89. The standard InChI is InChI=1S/C21H28N4O5S.ClH/c1-14(2)18-19-17(25(21(18)27)31(3,28)29)6-7-24(19)20(26)15-4-5-16(22-12-15)13-23-8-10-30-11-9-23;/h4-6,12,14,18-19H,7-11,13H2,1-3H3;1H/t18-,19+;/m1./s1. The van der Waals surface area contributed by atoms with Crippen LogP contribution >= 0.6 is 12.4 Å². The third-order valence-electron chi connectivity index (χ3n) is 6.07. The van der Waals surface area contributed by atoms with Gasteiger partial charge in [-0.2, -0.15) is 0 Å². The van der Waals surface area contributed by atoms with Crippen molar-refractivity contribution >= 4 is 34.2 Å². The Morgan fingerprint density at radius 3 is 2.50 bits per heavy atom. The molecule has 0 bridgehead atoms. The third kappa shape index (κ3) is 4.54. The molecule has 0 spiro atoms. The molecule has 0 radical (unpaired) electrons. The van der Waals surface area contributed by atoms with Gasteiger partial charge in [0.25, 0.3) is 5.91 Å². The summed E-state index contributed by atoms with van der Waals surface area (Å²) in [6, 6.07) is 3.01. The Labute approximate surface area is 194 Å². The number of carbonyl (C=O) groups is 2. The zero-order valence-electron chi connectivity index (χ0n) is 18.4. The van der Waals surface area contributed by atoms with E-state index in [1.54, 1.807) is 23.2 Å². The highest BCUT2D eigenvalue weighted by molar-refractivity contribution is 7.89. The number of fused-ring (bicyclic) bond motifs is 1. The molecule has 3 aliphatic rings. The molecule has 2 amide bonds. The molecule has 4 rings (SSSR count). The molecule has 32 heavy (non-hydrogen) atoms. The molecule has 0 N–H and O–H groups in total. The van der Waals surface area contributed by atoms with Crippen LogP contribution in [0.5, 0.6) is 0 Å². The van der Waals surface area contributed by atoms with E-state index in [4.69, 9.17) is 4.74 Å². The van der Waals surface area contributed by atoms with Crippen LogP contribution in [0.1, 0.15) is 29.9 Å². The minimum Gasteiger partial charge on any atom is -0.379 e. The third-order valence-corrected chi connectivity index (χ3v) is 7.12. The van der Waals surface area contributed by atoms with Gasteiger partial charge in [-0.05, 0) is 24.1 Å². The quantitative estimate of drug-likeness (QED) is 0.617. The molecule has 2 atom stereocenters. The second-order valence-electron chi connectivity index (χ2n) is 8.59. The molecule has 4 heterocycles. The summed E-state index contributed by atoms with van der Waals surface area (Å²) in [5.74, 6) is -1.43. The molecular formula is C21H29ClN4O5S. The first-order valence-corrected chi connectivity index (χ1v) is 12.3. The van der Waals surface area contributed by atoms with E-state index < -0.39 is 27.9 Å². The fourth-order valence-electron chi connectivity index (χ4n) is 4.58. The van der Waals surface area contributed by atoms with Crippen molar-refractivity contribution in [3.05, 3.63) is 41.4 Å². The Morgan fingerprint density at radius 2 is 1.94 bits per heavy atom. The summed E-state index contributed by atoms with van der Waals surface area (Å²) in [4.78, 5) is 34.4. The number of nitrogens with zero attached hydrogens (tertiary/aromatic N) is 4. The van der Waals surface area contributed by atoms with Gasteiger partial charge in [-0.1, -0.05) is 13.8 Å². The second kappa shape index (κ2) is 9.46. The first-order valence-electron chi connectivity index (χ1n) is 10.5. The van der Waals surface area contributed by atoms with E-state index >= 15 is 0 Å². The summed E-state index contributed by atoms with van der Waals surface area (Å²) in [5.41, 5.74) is 1.68. The monoisotopic (exact) mass is 484 g/mol. The number of hydrogen-bond acceptors (Lipinski definition) is 7. The van der Waals surface area contributed by atoms with E-state index in [0.29, 0.717) is 31.0 Å². The molecule has 0 aliphatic carbocycles. The number of sulfonamides is 1. The maximum atomic E-state index is 13.3.